The van der Waals surface area contributed by atoms with Gasteiger partial charge < -0.3 is 9.30 Å². The molecule has 0 radical (unpaired) electrons. The lowest BCUT2D eigenvalue weighted by Crippen LogP contribution is -2.23. The number of fused-ring (bicyclic) bond motifs is 1. The number of hydrogen-bond acceptors (Lipinski definition) is 3. The van der Waals surface area contributed by atoms with Crippen LogP contribution < -0.4 is 5.46 Å². The largest absolute Gasteiger partial charge is 0.465 e. The number of benzene rings is 2. The van der Waals surface area contributed by atoms with Crippen LogP contribution >= 0.6 is 0 Å². The molecule has 1 heterocycles. The minimum atomic E-state index is -0.353. The highest BCUT2D eigenvalue weighted by molar-refractivity contribution is 6.33. The average molecular weight is 320 g/mol. The lowest BCUT2D eigenvalue weighted by molar-refractivity contribution is 0.0601. The van der Waals surface area contributed by atoms with Crippen molar-refractivity contribution < 1.29 is 9.53 Å². The van der Waals surface area contributed by atoms with Crippen molar-refractivity contribution >= 4 is 30.3 Å². The molecule has 0 unspecified atom stereocenters. The van der Waals surface area contributed by atoms with Gasteiger partial charge in [-0.3, -0.25) is 0 Å². The van der Waals surface area contributed by atoms with Crippen LogP contribution in [0.4, 0.5) is 0 Å². The van der Waals surface area contributed by atoms with E-state index in [0.717, 1.165) is 27.9 Å². The smallest absolute Gasteiger partial charge is 0.338 e. The molecule has 122 valence electrons. The second-order valence-corrected chi connectivity index (χ2v) is 6.97. The average Bonchev–Trinajstić information content (AvgIpc) is 2.92. The molecule has 3 rings (SSSR count). The number of ether oxygens (including phenoxy) is 1. The quantitative estimate of drug-likeness (QED) is 0.538. The summed E-state index contributed by atoms with van der Waals surface area (Å²) in [5.74, 6) is 0.429. The van der Waals surface area contributed by atoms with Crippen LogP contribution in [0.15, 0.2) is 42.5 Å². The molecule has 0 spiro atoms. The van der Waals surface area contributed by atoms with Crippen molar-refractivity contribution in [2.75, 3.05) is 7.11 Å². The lowest BCUT2D eigenvalue weighted by Gasteiger charge is -2.25. The summed E-state index contributed by atoms with van der Waals surface area (Å²) in [4.78, 5) is 17.0. The van der Waals surface area contributed by atoms with E-state index in [0.29, 0.717) is 5.56 Å². The van der Waals surface area contributed by atoms with Crippen molar-refractivity contribution in [1.29, 1.82) is 0 Å². The molecule has 0 aliphatic rings. The first-order valence-electron chi connectivity index (χ1n) is 8.00. The third-order valence-electron chi connectivity index (χ3n) is 4.05. The molecule has 0 atom stereocenters. The Hall–Kier alpha value is -2.56. The standard InChI is InChI=1S/C19H21BN2O2/c1-19(2,3)22-16-10-9-12(20)11-15(16)21-17(22)13-7-5-6-8-14(13)18(23)24-4/h5-11H,20H2,1-4H3. The van der Waals surface area contributed by atoms with Crippen LogP contribution in [-0.2, 0) is 10.3 Å². The monoisotopic (exact) mass is 320 g/mol. The maximum atomic E-state index is 12.2. The number of methoxy groups -OCH3 is 1. The summed E-state index contributed by atoms with van der Waals surface area (Å²) < 4.78 is 7.13. The van der Waals surface area contributed by atoms with Gasteiger partial charge in [-0.05, 0) is 39.0 Å². The Kier molecular flexibility index (Phi) is 3.95. The molecule has 2 aromatic carbocycles. The minimum absolute atomic E-state index is 0.178. The molecule has 0 saturated carbocycles. The van der Waals surface area contributed by atoms with Gasteiger partial charge in [0.1, 0.15) is 13.7 Å². The molecule has 0 amide bonds. The molecule has 0 bridgehead atoms. The first kappa shape index (κ1) is 16.3. The zero-order valence-electron chi connectivity index (χ0n) is 14.8. The molecule has 0 fully saturated rings. The zero-order valence-corrected chi connectivity index (χ0v) is 14.8. The molecule has 0 N–H and O–H groups in total. The van der Waals surface area contributed by atoms with Crippen molar-refractivity contribution in [2.24, 2.45) is 0 Å². The van der Waals surface area contributed by atoms with Gasteiger partial charge in [-0.1, -0.05) is 29.7 Å². The maximum Gasteiger partial charge on any atom is 0.338 e. The van der Waals surface area contributed by atoms with Gasteiger partial charge in [0.25, 0.3) is 0 Å². The fraction of sp³-hybridized carbons (Fsp3) is 0.263. The van der Waals surface area contributed by atoms with Gasteiger partial charge in [-0.2, -0.15) is 0 Å². The molecular weight excluding hydrogens is 299 g/mol. The Labute approximate surface area is 142 Å². The fourth-order valence-electron chi connectivity index (χ4n) is 3.02. The van der Waals surface area contributed by atoms with Crippen LogP contribution in [0.5, 0.6) is 0 Å². The van der Waals surface area contributed by atoms with E-state index in [1.54, 1.807) is 6.07 Å². The first-order valence-corrected chi connectivity index (χ1v) is 8.00. The zero-order chi connectivity index (χ0) is 17.5. The minimum Gasteiger partial charge on any atom is -0.465 e. The number of esters is 1. The maximum absolute atomic E-state index is 12.2. The summed E-state index contributed by atoms with van der Waals surface area (Å²) in [6.45, 7) is 6.41. The topological polar surface area (TPSA) is 44.1 Å². The van der Waals surface area contributed by atoms with Crippen molar-refractivity contribution in [2.45, 2.75) is 26.3 Å². The van der Waals surface area contributed by atoms with Crippen LogP contribution in [0, 0.1) is 0 Å². The van der Waals surface area contributed by atoms with Crippen molar-refractivity contribution in [3.63, 3.8) is 0 Å². The second-order valence-electron chi connectivity index (χ2n) is 6.97. The predicted molar refractivity (Wildman–Crippen MR) is 99.7 cm³/mol. The van der Waals surface area contributed by atoms with Crippen LogP contribution in [0.25, 0.3) is 22.4 Å². The van der Waals surface area contributed by atoms with E-state index in [1.165, 1.54) is 7.11 Å². The Morgan fingerprint density at radius 1 is 1.17 bits per heavy atom. The van der Waals surface area contributed by atoms with Crippen molar-refractivity contribution in [3.8, 4) is 11.4 Å². The SMILES string of the molecule is Bc1ccc2c(c1)nc(-c1ccccc1C(=O)OC)n2C(C)(C)C. The van der Waals surface area contributed by atoms with E-state index >= 15 is 0 Å². The molecule has 4 nitrogen and oxygen atoms in total. The number of imidazole rings is 1. The molecule has 0 aliphatic heterocycles. The molecule has 24 heavy (non-hydrogen) atoms. The van der Waals surface area contributed by atoms with Crippen LogP contribution in [-0.4, -0.2) is 30.5 Å². The van der Waals surface area contributed by atoms with Gasteiger partial charge in [-0.25, -0.2) is 9.78 Å². The van der Waals surface area contributed by atoms with Gasteiger partial charge in [0.15, 0.2) is 0 Å². The van der Waals surface area contributed by atoms with E-state index in [9.17, 15) is 4.79 Å². The predicted octanol–water partition coefficient (Wildman–Crippen LogP) is 2.50. The van der Waals surface area contributed by atoms with Gasteiger partial charge in [-0.15, -0.1) is 0 Å². The Bertz CT molecular complexity index is 923. The number of nitrogens with zero attached hydrogens (tertiary/aromatic N) is 2. The van der Waals surface area contributed by atoms with Crippen molar-refractivity contribution in [3.05, 3.63) is 48.0 Å². The molecule has 5 heteroatoms. The van der Waals surface area contributed by atoms with Crippen LogP contribution in [0.1, 0.15) is 31.1 Å². The van der Waals surface area contributed by atoms with Gasteiger partial charge in [0, 0.05) is 11.1 Å². The van der Waals surface area contributed by atoms with Gasteiger partial charge in [0.2, 0.25) is 0 Å². The molecular formula is C19H21BN2O2. The number of aromatic nitrogens is 2. The summed E-state index contributed by atoms with van der Waals surface area (Å²) in [7, 11) is 3.45. The number of hydrogen-bond donors (Lipinski definition) is 0. The number of carbonyl (C=O) groups excluding carboxylic acids is 1. The first-order chi connectivity index (χ1) is 11.3. The molecule has 1 aromatic heterocycles. The molecule has 0 saturated heterocycles. The van der Waals surface area contributed by atoms with E-state index in [2.05, 4.69) is 51.4 Å². The molecule has 0 aliphatic carbocycles. The van der Waals surface area contributed by atoms with E-state index in [-0.39, 0.29) is 11.5 Å². The molecule has 3 aromatic rings. The fourth-order valence-corrected chi connectivity index (χ4v) is 3.02. The Morgan fingerprint density at radius 3 is 2.54 bits per heavy atom. The van der Waals surface area contributed by atoms with E-state index < -0.39 is 0 Å². The van der Waals surface area contributed by atoms with Gasteiger partial charge >= 0.3 is 5.97 Å². The number of carbonyl (C=O) groups is 1. The number of rotatable bonds is 2. The van der Waals surface area contributed by atoms with E-state index in [4.69, 9.17) is 9.72 Å². The second kappa shape index (κ2) is 5.82. The van der Waals surface area contributed by atoms with E-state index in [1.807, 2.05) is 18.2 Å². The summed E-state index contributed by atoms with van der Waals surface area (Å²) in [6, 6.07) is 13.7. The highest BCUT2D eigenvalue weighted by Gasteiger charge is 2.25. The summed E-state index contributed by atoms with van der Waals surface area (Å²) in [5, 5.41) is 0. The Balaban J connectivity index is 2.37. The van der Waals surface area contributed by atoms with Crippen molar-refractivity contribution in [1.82, 2.24) is 9.55 Å². The highest BCUT2D eigenvalue weighted by Crippen LogP contribution is 2.32. The van der Waals surface area contributed by atoms with Gasteiger partial charge in [0.05, 0.1) is 23.7 Å². The Morgan fingerprint density at radius 2 is 1.88 bits per heavy atom. The highest BCUT2D eigenvalue weighted by atomic mass is 16.5. The normalized spacial score (nSPS) is 11.7. The third-order valence-corrected chi connectivity index (χ3v) is 4.05. The summed E-state index contributed by atoms with van der Waals surface area (Å²) in [6.07, 6.45) is 0. The summed E-state index contributed by atoms with van der Waals surface area (Å²) in [5.41, 5.74) is 4.28. The lowest BCUT2D eigenvalue weighted by atomic mass is 9.96. The summed E-state index contributed by atoms with van der Waals surface area (Å²) >= 11 is 0. The van der Waals surface area contributed by atoms with Crippen LogP contribution in [0.3, 0.4) is 0 Å². The van der Waals surface area contributed by atoms with Crippen LogP contribution in [0.2, 0.25) is 0 Å². The third kappa shape index (κ3) is 2.71.